The van der Waals surface area contributed by atoms with Gasteiger partial charge in [0.15, 0.2) is 0 Å². The average Bonchev–Trinajstić information content (AvgIpc) is 2.83. The number of aromatic nitrogens is 3. The topological polar surface area (TPSA) is 79.8 Å². The number of halogens is 3. The quantitative estimate of drug-likeness (QED) is 0.335. The third-order valence-electron chi connectivity index (χ3n) is 5.13. The number of fused-ring (bicyclic) bond motifs is 2. The first-order valence-corrected chi connectivity index (χ1v) is 10.2. The molecule has 0 fully saturated rings. The van der Waals surface area contributed by atoms with E-state index in [9.17, 15) is 18.0 Å². The van der Waals surface area contributed by atoms with Crippen LogP contribution in [0.5, 0.6) is 0 Å². The fourth-order valence-electron chi connectivity index (χ4n) is 3.54. The highest BCUT2D eigenvalue weighted by Crippen LogP contribution is 2.34. The Bertz CT molecular complexity index is 1530. The highest BCUT2D eigenvalue weighted by molar-refractivity contribution is 6.04. The van der Waals surface area contributed by atoms with Crippen LogP contribution >= 0.6 is 0 Å². The second-order valence-electron chi connectivity index (χ2n) is 7.49. The zero-order chi connectivity index (χ0) is 23.7. The van der Waals surface area contributed by atoms with E-state index in [2.05, 4.69) is 25.6 Å². The van der Waals surface area contributed by atoms with Crippen molar-refractivity contribution in [1.82, 2.24) is 15.0 Å². The molecule has 3 aromatic heterocycles. The molecule has 0 bridgehead atoms. The van der Waals surface area contributed by atoms with Crippen LogP contribution in [0.1, 0.15) is 16.2 Å². The summed E-state index contributed by atoms with van der Waals surface area (Å²) in [6.45, 7) is 0. The van der Waals surface area contributed by atoms with Gasteiger partial charge < -0.3 is 10.6 Å². The monoisotopic (exact) mass is 459 g/mol. The molecular weight excluding hydrogens is 443 g/mol. The van der Waals surface area contributed by atoms with Gasteiger partial charge in [0.1, 0.15) is 11.4 Å². The van der Waals surface area contributed by atoms with Crippen LogP contribution in [0.15, 0.2) is 85.2 Å². The number of para-hydroxylation sites is 1. The molecule has 6 nitrogen and oxygen atoms in total. The van der Waals surface area contributed by atoms with E-state index >= 15 is 0 Å². The van der Waals surface area contributed by atoms with Crippen LogP contribution in [0.4, 0.5) is 30.2 Å². The predicted octanol–water partition coefficient (Wildman–Crippen LogP) is 6.19. The first kappa shape index (κ1) is 21.3. The van der Waals surface area contributed by atoms with Crippen molar-refractivity contribution in [3.8, 4) is 0 Å². The maximum atomic E-state index is 13.4. The molecule has 0 saturated carbocycles. The number of alkyl halides is 3. The van der Waals surface area contributed by atoms with Crippen LogP contribution in [0.3, 0.4) is 0 Å². The Morgan fingerprint density at radius 3 is 2.50 bits per heavy atom. The van der Waals surface area contributed by atoms with E-state index in [1.54, 1.807) is 73.1 Å². The second kappa shape index (κ2) is 8.43. The van der Waals surface area contributed by atoms with Gasteiger partial charge in [-0.3, -0.25) is 9.78 Å². The minimum absolute atomic E-state index is 0.224. The minimum Gasteiger partial charge on any atom is -0.355 e. The summed E-state index contributed by atoms with van der Waals surface area (Å²) in [4.78, 5) is 24.8. The smallest absolute Gasteiger partial charge is 0.355 e. The van der Waals surface area contributed by atoms with Gasteiger partial charge in [-0.1, -0.05) is 24.3 Å². The number of nitrogens with zero attached hydrogens (tertiary/aromatic N) is 3. The maximum Gasteiger partial charge on any atom is 0.433 e. The molecule has 0 radical (unpaired) electrons. The number of pyridine rings is 3. The SMILES string of the molecule is O=C(Nc1cccc(Nc2cc(C(F)(F)F)nc3ccccc23)c1)c1ccc2cnccc2n1. The Labute approximate surface area is 191 Å². The molecule has 3 heterocycles. The number of carbonyl (C=O) groups is 1. The summed E-state index contributed by atoms with van der Waals surface area (Å²) < 4.78 is 40.1. The molecule has 5 rings (SSSR count). The Morgan fingerprint density at radius 2 is 1.65 bits per heavy atom. The van der Waals surface area contributed by atoms with Gasteiger partial charge in [-0.15, -0.1) is 0 Å². The van der Waals surface area contributed by atoms with Crippen molar-refractivity contribution in [3.63, 3.8) is 0 Å². The van der Waals surface area contributed by atoms with E-state index in [0.717, 1.165) is 11.5 Å². The van der Waals surface area contributed by atoms with Crippen molar-refractivity contribution in [2.45, 2.75) is 6.18 Å². The standard InChI is InChI=1S/C25H16F3N5O/c26-25(27,28)23-13-22(18-6-1-2-7-20(18)33-23)30-16-4-3-5-17(12-16)31-24(34)21-9-8-15-14-29-11-10-19(15)32-21/h1-14H,(H,30,33)(H,31,34). The molecule has 0 spiro atoms. The molecule has 2 N–H and O–H groups in total. The zero-order valence-electron chi connectivity index (χ0n) is 17.5. The second-order valence-corrected chi connectivity index (χ2v) is 7.49. The number of amides is 1. The normalized spacial score (nSPS) is 11.5. The lowest BCUT2D eigenvalue weighted by molar-refractivity contribution is -0.140. The molecule has 34 heavy (non-hydrogen) atoms. The summed E-state index contributed by atoms with van der Waals surface area (Å²) in [7, 11) is 0. The minimum atomic E-state index is -4.58. The molecule has 0 saturated heterocycles. The summed E-state index contributed by atoms with van der Waals surface area (Å²) in [6.07, 6.45) is -1.33. The van der Waals surface area contributed by atoms with Gasteiger partial charge in [0.05, 0.1) is 16.7 Å². The maximum absolute atomic E-state index is 13.4. The van der Waals surface area contributed by atoms with Gasteiger partial charge in [0.25, 0.3) is 5.91 Å². The average molecular weight is 459 g/mol. The molecule has 2 aromatic carbocycles. The van der Waals surface area contributed by atoms with Crippen LogP contribution in [0, 0.1) is 0 Å². The van der Waals surface area contributed by atoms with Crippen molar-refractivity contribution in [2.75, 3.05) is 10.6 Å². The van der Waals surface area contributed by atoms with Crippen molar-refractivity contribution in [2.24, 2.45) is 0 Å². The van der Waals surface area contributed by atoms with E-state index in [4.69, 9.17) is 0 Å². The highest BCUT2D eigenvalue weighted by Gasteiger charge is 2.33. The molecule has 168 valence electrons. The zero-order valence-corrected chi connectivity index (χ0v) is 17.5. The molecule has 0 unspecified atom stereocenters. The van der Waals surface area contributed by atoms with Crippen molar-refractivity contribution in [3.05, 3.63) is 96.6 Å². The predicted molar refractivity (Wildman–Crippen MR) is 124 cm³/mol. The van der Waals surface area contributed by atoms with Crippen molar-refractivity contribution in [1.29, 1.82) is 0 Å². The number of benzene rings is 2. The molecule has 0 atom stereocenters. The molecular formula is C25H16F3N5O. The van der Waals surface area contributed by atoms with Crippen molar-refractivity contribution >= 4 is 44.8 Å². The number of rotatable bonds is 4. The van der Waals surface area contributed by atoms with Gasteiger partial charge in [0, 0.05) is 34.5 Å². The summed E-state index contributed by atoms with van der Waals surface area (Å²) in [5.41, 5.74) is 1.32. The third-order valence-corrected chi connectivity index (χ3v) is 5.13. The largest absolute Gasteiger partial charge is 0.433 e. The van der Waals surface area contributed by atoms with Crippen LogP contribution in [0.25, 0.3) is 21.8 Å². The fraction of sp³-hybridized carbons (Fsp3) is 0.0400. The lowest BCUT2D eigenvalue weighted by Crippen LogP contribution is -2.13. The number of hydrogen-bond acceptors (Lipinski definition) is 5. The van der Waals surface area contributed by atoms with Gasteiger partial charge in [-0.2, -0.15) is 13.2 Å². The van der Waals surface area contributed by atoms with Gasteiger partial charge in [0.2, 0.25) is 0 Å². The van der Waals surface area contributed by atoms with Crippen LogP contribution in [0.2, 0.25) is 0 Å². The molecule has 0 aliphatic rings. The lowest BCUT2D eigenvalue weighted by atomic mass is 10.1. The van der Waals surface area contributed by atoms with E-state index in [-0.39, 0.29) is 16.9 Å². The summed E-state index contributed by atoms with van der Waals surface area (Å²) in [5.74, 6) is -0.412. The molecule has 9 heteroatoms. The number of carbonyl (C=O) groups excluding carboxylic acids is 1. The number of hydrogen-bond donors (Lipinski definition) is 2. The lowest BCUT2D eigenvalue weighted by Gasteiger charge is -2.14. The van der Waals surface area contributed by atoms with Gasteiger partial charge >= 0.3 is 6.18 Å². The Balaban J connectivity index is 1.42. The molecule has 0 aliphatic carbocycles. The summed E-state index contributed by atoms with van der Waals surface area (Å²) in [5, 5.41) is 7.15. The van der Waals surface area contributed by atoms with E-state index in [0.29, 0.717) is 22.3 Å². The fourth-order valence-corrected chi connectivity index (χ4v) is 3.54. The summed E-state index contributed by atoms with van der Waals surface area (Å²) >= 11 is 0. The molecule has 1 amide bonds. The first-order chi connectivity index (χ1) is 16.4. The highest BCUT2D eigenvalue weighted by atomic mass is 19.4. The van der Waals surface area contributed by atoms with E-state index in [1.807, 2.05) is 0 Å². The Morgan fingerprint density at radius 1 is 0.824 bits per heavy atom. The van der Waals surface area contributed by atoms with Crippen LogP contribution in [-0.4, -0.2) is 20.9 Å². The van der Waals surface area contributed by atoms with Crippen LogP contribution < -0.4 is 10.6 Å². The van der Waals surface area contributed by atoms with E-state index in [1.165, 1.54) is 6.07 Å². The Hall–Kier alpha value is -4.53. The summed E-state index contributed by atoms with van der Waals surface area (Å²) in [6, 6.07) is 19.3. The first-order valence-electron chi connectivity index (χ1n) is 10.2. The van der Waals surface area contributed by atoms with Crippen molar-refractivity contribution < 1.29 is 18.0 Å². The van der Waals surface area contributed by atoms with Crippen LogP contribution in [-0.2, 0) is 6.18 Å². The number of anilines is 3. The number of nitrogens with one attached hydrogen (secondary N) is 2. The van der Waals surface area contributed by atoms with Gasteiger partial charge in [-0.05, 0) is 48.5 Å². The van der Waals surface area contributed by atoms with E-state index < -0.39 is 17.8 Å². The van der Waals surface area contributed by atoms with Gasteiger partial charge in [-0.25, -0.2) is 9.97 Å². The molecule has 5 aromatic rings. The third kappa shape index (κ3) is 4.36. The molecule has 0 aliphatic heterocycles. The Kier molecular flexibility index (Phi) is 5.29.